The second-order valence-electron chi connectivity index (χ2n) is 8.64. The molecule has 2 unspecified atom stereocenters. The molecule has 0 heterocycles. The van der Waals surface area contributed by atoms with E-state index in [9.17, 15) is 0 Å². The number of fused-ring (bicyclic) bond motifs is 3. The first-order chi connectivity index (χ1) is 14.8. The Morgan fingerprint density at radius 1 is 0.818 bits per heavy atom. The summed E-state index contributed by atoms with van der Waals surface area (Å²) in [6.45, 7) is 6.30. The van der Waals surface area contributed by atoms with Crippen LogP contribution in [-0.4, -0.2) is 0 Å². The predicted octanol–water partition coefficient (Wildman–Crippen LogP) is 1.84. The summed E-state index contributed by atoms with van der Waals surface area (Å²) in [5, 5.41) is 0. The van der Waals surface area contributed by atoms with Gasteiger partial charge in [0.25, 0.3) is 0 Å². The molecule has 3 heteroatoms. The van der Waals surface area contributed by atoms with E-state index in [2.05, 4.69) is 117 Å². The van der Waals surface area contributed by atoms with Crippen LogP contribution in [0.15, 0.2) is 115 Å². The molecule has 2 aliphatic carbocycles. The molecule has 0 bridgehead atoms. The summed E-state index contributed by atoms with van der Waals surface area (Å²) in [5.41, 5.74) is 8.41. The molecule has 0 aliphatic heterocycles. The van der Waals surface area contributed by atoms with Crippen molar-refractivity contribution < 1.29 is 51.0 Å². The van der Waals surface area contributed by atoms with Gasteiger partial charge in [-0.1, -0.05) is 109 Å². The van der Waals surface area contributed by atoms with Crippen LogP contribution in [0.25, 0.3) is 11.1 Å². The first-order valence-electron chi connectivity index (χ1n) is 11.0. The topological polar surface area (TPSA) is 0 Å². The quantitative estimate of drug-likeness (QED) is 0.411. The number of halogens is 2. The fourth-order valence-corrected chi connectivity index (χ4v) is 5.78. The van der Waals surface area contributed by atoms with Gasteiger partial charge in [0.05, 0.1) is 0 Å². The van der Waals surface area contributed by atoms with Crippen LogP contribution in [0.5, 0.6) is 0 Å². The molecule has 3 aromatic carbocycles. The van der Waals surface area contributed by atoms with Crippen LogP contribution in [0.3, 0.4) is 0 Å². The SMILES string of the molecule is C=CCCC(c1ccccc1)(C1C=CC(C)=C1)C1c2ccccc2-c2ccccc21.[Cl-].[Cl-].[Zr+2]. The molecule has 0 amide bonds. The molecule has 33 heavy (non-hydrogen) atoms. The van der Waals surface area contributed by atoms with Crippen LogP contribution < -0.4 is 24.8 Å². The van der Waals surface area contributed by atoms with Crippen LogP contribution in [0.1, 0.15) is 42.4 Å². The number of allylic oxidation sites excluding steroid dienone is 5. The van der Waals surface area contributed by atoms with Crippen LogP contribution in [-0.2, 0) is 31.6 Å². The van der Waals surface area contributed by atoms with Crippen molar-refractivity contribution in [2.45, 2.75) is 31.1 Å². The molecule has 3 aromatic rings. The fourth-order valence-electron chi connectivity index (χ4n) is 5.78. The Hall–Kier alpha value is -1.66. The maximum atomic E-state index is 4.08. The molecule has 0 spiro atoms. The van der Waals surface area contributed by atoms with Gasteiger partial charge in [-0.15, -0.1) is 6.58 Å². The van der Waals surface area contributed by atoms with Crippen molar-refractivity contribution in [2.24, 2.45) is 5.92 Å². The fraction of sp³-hybridized carbons (Fsp3) is 0.200. The van der Waals surface area contributed by atoms with E-state index in [0.29, 0.717) is 11.8 Å². The van der Waals surface area contributed by atoms with Crippen molar-refractivity contribution in [2.75, 3.05) is 0 Å². The molecular weight excluding hydrogens is 522 g/mol. The first-order valence-corrected chi connectivity index (χ1v) is 11.0. The molecule has 2 aliphatic rings. The van der Waals surface area contributed by atoms with Gasteiger partial charge < -0.3 is 24.8 Å². The minimum absolute atomic E-state index is 0. The monoisotopic (exact) mass is 548 g/mol. The minimum Gasteiger partial charge on any atom is -1.00 e. The molecule has 2 atom stereocenters. The van der Waals surface area contributed by atoms with Gasteiger partial charge in [0.15, 0.2) is 0 Å². The maximum absolute atomic E-state index is 4.08. The Morgan fingerprint density at radius 3 is 1.88 bits per heavy atom. The summed E-state index contributed by atoms with van der Waals surface area (Å²) in [6, 6.07) is 29.2. The molecule has 0 nitrogen and oxygen atoms in total. The van der Waals surface area contributed by atoms with Gasteiger partial charge in [-0.25, -0.2) is 0 Å². The summed E-state index contributed by atoms with van der Waals surface area (Å²) in [4.78, 5) is 0. The van der Waals surface area contributed by atoms with E-state index in [1.54, 1.807) is 0 Å². The Bertz CT molecular complexity index is 1100. The average molecular weight is 551 g/mol. The van der Waals surface area contributed by atoms with E-state index in [1.807, 2.05) is 0 Å². The third-order valence-electron chi connectivity index (χ3n) is 7.03. The standard InChI is InChI=1S/C30H28.2ClH.Zr/c1-3-4-20-30(23-12-6-5-7-13-23,24-19-18-22(2)21-24)29-27-16-10-8-14-25(27)26-15-9-11-17-28(26)29;;;/h3,5-19,21,24,29H,1,4,20H2,2H3;2*1H;/q;;;+2/p-2. The predicted molar refractivity (Wildman–Crippen MR) is 128 cm³/mol. The summed E-state index contributed by atoms with van der Waals surface area (Å²) in [7, 11) is 0. The summed E-state index contributed by atoms with van der Waals surface area (Å²) in [6.07, 6.45) is 11.3. The van der Waals surface area contributed by atoms with Gasteiger partial charge in [-0.2, -0.15) is 0 Å². The van der Waals surface area contributed by atoms with Crippen LogP contribution >= 0.6 is 0 Å². The Morgan fingerprint density at radius 2 is 1.36 bits per heavy atom. The van der Waals surface area contributed by atoms with Gasteiger partial charge in [0, 0.05) is 17.3 Å². The number of benzene rings is 3. The smallest absolute Gasteiger partial charge is 1.00 e. The van der Waals surface area contributed by atoms with Crippen molar-refractivity contribution >= 4 is 0 Å². The minimum atomic E-state index is -0.0631. The van der Waals surface area contributed by atoms with Gasteiger partial charge in [0.1, 0.15) is 0 Å². The zero-order chi connectivity index (χ0) is 20.6. The molecule has 0 fully saturated rings. The molecule has 0 saturated carbocycles. The van der Waals surface area contributed by atoms with E-state index in [-0.39, 0.29) is 56.4 Å². The van der Waals surface area contributed by atoms with Crippen molar-refractivity contribution in [1.29, 1.82) is 0 Å². The van der Waals surface area contributed by atoms with Crippen molar-refractivity contribution in [1.82, 2.24) is 0 Å². The number of hydrogen-bond donors (Lipinski definition) is 0. The largest absolute Gasteiger partial charge is 2.00 e. The molecule has 0 N–H and O–H groups in total. The van der Waals surface area contributed by atoms with E-state index >= 15 is 0 Å². The Balaban J connectivity index is 0.00000128. The van der Waals surface area contributed by atoms with Gasteiger partial charge in [-0.3, -0.25) is 0 Å². The molecule has 0 aromatic heterocycles. The average Bonchev–Trinajstić information content (AvgIpc) is 3.38. The van der Waals surface area contributed by atoms with E-state index in [0.717, 1.165) is 12.8 Å². The second kappa shape index (κ2) is 11.7. The molecule has 0 saturated heterocycles. The summed E-state index contributed by atoms with van der Waals surface area (Å²) >= 11 is 0. The zero-order valence-electron chi connectivity index (χ0n) is 18.8. The normalized spacial score (nSPS) is 17.4. The Labute approximate surface area is 229 Å². The summed E-state index contributed by atoms with van der Waals surface area (Å²) < 4.78 is 0. The first kappa shape index (κ1) is 27.6. The second-order valence-corrected chi connectivity index (χ2v) is 8.64. The van der Waals surface area contributed by atoms with E-state index in [1.165, 1.54) is 33.4 Å². The number of rotatable bonds is 6. The molecular formula is C30H28Cl2Zr. The van der Waals surface area contributed by atoms with Crippen LogP contribution in [0.2, 0.25) is 0 Å². The third kappa shape index (κ3) is 4.66. The van der Waals surface area contributed by atoms with Gasteiger partial charge >= 0.3 is 26.2 Å². The Kier molecular flexibility index (Phi) is 9.74. The number of hydrogen-bond acceptors (Lipinski definition) is 0. The maximum Gasteiger partial charge on any atom is 2.00 e. The summed E-state index contributed by atoms with van der Waals surface area (Å²) in [5.74, 6) is 0.660. The van der Waals surface area contributed by atoms with Crippen molar-refractivity contribution in [3.8, 4) is 11.1 Å². The molecule has 0 radical (unpaired) electrons. The van der Waals surface area contributed by atoms with Gasteiger partial charge in [0.2, 0.25) is 0 Å². The van der Waals surface area contributed by atoms with Crippen molar-refractivity contribution in [3.05, 3.63) is 132 Å². The van der Waals surface area contributed by atoms with Gasteiger partial charge in [-0.05, 0) is 47.6 Å². The molecule has 166 valence electrons. The zero-order valence-corrected chi connectivity index (χ0v) is 22.8. The van der Waals surface area contributed by atoms with E-state index in [4.69, 9.17) is 0 Å². The molecule has 5 rings (SSSR count). The van der Waals surface area contributed by atoms with Crippen molar-refractivity contribution in [3.63, 3.8) is 0 Å². The van der Waals surface area contributed by atoms with E-state index < -0.39 is 0 Å². The third-order valence-corrected chi connectivity index (χ3v) is 7.03. The van der Waals surface area contributed by atoms with Crippen LogP contribution in [0.4, 0.5) is 0 Å². The van der Waals surface area contributed by atoms with Crippen LogP contribution in [0, 0.1) is 5.92 Å².